The number of hydrogen-bond donors (Lipinski definition) is 9. The van der Waals surface area contributed by atoms with Gasteiger partial charge < -0.3 is 52.3 Å². The van der Waals surface area contributed by atoms with Gasteiger partial charge in [0.2, 0.25) is 23.7 Å². The maximum absolute atomic E-state index is 12.9. The minimum Gasteiger partial charge on any atom is -0.367 e. The molecule has 3 amide bonds. The van der Waals surface area contributed by atoms with Crippen molar-refractivity contribution >= 4 is 48.8 Å². The maximum Gasteiger partial charge on any atom is 0.237 e. The van der Waals surface area contributed by atoms with Crippen molar-refractivity contribution < 1.29 is 24.2 Å². The van der Waals surface area contributed by atoms with Crippen LogP contribution in [0.3, 0.4) is 0 Å². The largest absolute Gasteiger partial charge is 0.367 e. The highest BCUT2D eigenvalue weighted by Gasteiger charge is 2.24. The molecule has 56 heavy (non-hydrogen) atoms. The summed E-state index contributed by atoms with van der Waals surface area (Å²) in [6.45, 7) is 5.61. The molecule has 1 aliphatic carbocycles. The summed E-state index contributed by atoms with van der Waals surface area (Å²) in [7, 11) is -2.25. The fourth-order valence-electron chi connectivity index (χ4n) is 7.00. The van der Waals surface area contributed by atoms with Crippen LogP contribution in [0.2, 0.25) is 0 Å². The summed E-state index contributed by atoms with van der Waals surface area (Å²) in [5.74, 6) is 0.321. The van der Waals surface area contributed by atoms with Gasteiger partial charge in [-0.05, 0) is 76.7 Å². The van der Waals surface area contributed by atoms with Crippen molar-refractivity contribution in [2.75, 3.05) is 56.2 Å². The molecule has 2 aliphatic rings. The molecule has 1 saturated heterocycles. The number of benzene rings is 1. The zero-order valence-corrected chi connectivity index (χ0v) is 33.2. The number of hydrogen-bond acceptors (Lipinski definition) is 14. The molecule has 2 aromatic heterocycles. The summed E-state index contributed by atoms with van der Waals surface area (Å²) in [4.78, 5) is 66.1. The van der Waals surface area contributed by atoms with Crippen molar-refractivity contribution in [2.45, 2.75) is 108 Å². The SMILES string of the molecule is NC(CCC(=O)NCCC(=O)N1CCC(Nc2nc(NCc3cn(CCCNCCCNC4CCCCC4)nn3)nc3ccccc23)CC1)C(=O)NCP(O)O. The van der Waals surface area contributed by atoms with Crippen LogP contribution in [0, 0.1) is 0 Å². The van der Waals surface area contributed by atoms with Crippen LogP contribution in [0.4, 0.5) is 11.8 Å². The number of nitrogens with one attached hydrogen (secondary N) is 6. The number of likely N-dealkylation sites (tertiary alicyclic amines) is 1. The Morgan fingerprint density at radius 3 is 2.50 bits per heavy atom. The van der Waals surface area contributed by atoms with Gasteiger partial charge in [-0.3, -0.25) is 19.1 Å². The average Bonchev–Trinajstić information content (AvgIpc) is 3.67. The fraction of sp³-hybridized carbons (Fsp3) is 0.649. The molecule has 2 fully saturated rings. The third kappa shape index (κ3) is 14.8. The van der Waals surface area contributed by atoms with Crippen LogP contribution in [0.1, 0.15) is 82.7 Å². The van der Waals surface area contributed by atoms with Gasteiger partial charge in [0.25, 0.3) is 0 Å². The third-order valence-electron chi connectivity index (χ3n) is 10.2. The van der Waals surface area contributed by atoms with E-state index in [4.69, 9.17) is 25.5 Å². The average molecular weight is 798 g/mol. The Morgan fingerprint density at radius 2 is 1.70 bits per heavy atom. The first kappa shape index (κ1) is 43.1. The molecule has 10 N–H and O–H groups in total. The highest BCUT2D eigenvalue weighted by molar-refractivity contribution is 7.45. The number of aryl methyl sites for hydroxylation is 1. The summed E-state index contributed by atoms with van der Waals surface area (Å²) in [6, 6.07) is 7.75. The predicted octanol–water partition coefficient (Wildman–Crippen LogP) is 1.51. The molecule has 1 atom stereocenters. The van der Waals surface area contributed by atoms with Crippen LogP contribution >= 0.6 is 8.38 Å². The number of carbonyl (C=O) groups excluding carboxylic acids is 3. The van der Waals surface area contributed by atoms with Crippen molar-refractivity contribution in [2.24, 2.45) is 5.73 Å². The van der Waals surface area contributed by atoms with Crippen molar-refractivity contribution in [3.8, 4) is 0 Å². The molecule has 1 saturated carbocycles. The minimum absolute atomic E-state index is 0.0142. The van der Waals surface area contributed by atoms with E-state index in [1.54, 1.807) is 0 Å². The Hall–Kier alpha value is -4.06. The van der Waals surface area contributed by atoms with E-state index in [9.17, 15) is 14.4 Å². The first-order valence-electron chi connectivity index (χ1n) is 20.1. The molecular formula is C37H60N13O5P. The molecule has 1 aromatic carbocycles. The van der Waals surface area contributed by atoms with E-state index in [0.717, 1.165) is 80.3 Å². The van der Waals surface area contributed by atoms with Gasteiger partial charge in [0, 0.05) is 56.5 Å². The van der Waals surface area contributed by atoms with Crippen LogP contribution in [0.25, 0.3) is 10.9 Å². The number of carbonyl (C=O) groups is 3. The van der Waals surface area contributed by atoms with Crippen molar-refractivity contribution in [3.63, 3.8) is 0 Å². The van der Waals surface area contributed by atoms with E-state index < -0.39 is 20.3 Å². The number of aromatic nitrogens is 5. The lowest BCUT2D eigenvalue weighted by molar-refractivity contribution is -0.132. The predicted molar refractivity (Wildman–Crippen MR) is 216 cm³/mol. The highest BCUT2D eigenvalue weighted by atomic mass is 31.2. The van der Waals surface area contributed by atoms with Gasteiger partial charge in [0.1, 0.15) is 11.5 Å². The molecule has 0 bridgehead atoms. The molecule has 3 aromatic rings. The standard InChI is InChI=1S/C37H60N13O5P/c38-31(36(53)43-26-56(54)55)12-13-33(51)41-20-14-34(52)49-22-15-28(16-23-49)44-35-30-10-4-5-11-32(30)45-37(46-35)42-24-29-25-50(48-47-29)21-7-18-39-17-6-19-40-27-8-2-1-3-9-27/h4-5,10-11,25,27-28,31,39-40,54-55H,1-3,6-9,12-24,26,38H2,(H,41,51)(H,43,53)(H2,42,44,45,46). The quantitative estimate of drug-likeness (QED) is 0.0488. The molecule has 5 rings (SSSR count). The summed E-state index contributed by atoms with van der Waals surface area (Å²) in [5.41, 5.74) is 7.39. The lowest BCUT2D eigenvalue weighted by atomic mass is 9.95. The Balaban J connectivity index is 0.983. The van der Waals surface area contributed by atoms with Crippen molar-refractivity contribution in [1.29, 1.82) is 0 Å². The lowest BCUT2D eigenvalue weighted by Gasteiger charge is -2.33. The second-order valence-corrected chi connectivity index (χ2v) is 15.7. The number of rotatable bonds is 23. The molecule has 3 heterocycles. The van der Waals surface area contributed by atoms with Crippen molar-refractivity contribution in [1.82, 2.24) is 51.1 Å². The van der Waals surface area contributed by atoms with Crippen LogP contribution < -0.4 is 37.6 Å². The molecule has 1 unspecified atom stereocenters. The second kappa shape index (κ2) is 23.2. The Kier molecular flexibility index (Phi) is 17.9. The number of nitrogens with two attached hydrogens (primary N) is 1. The summed E-state index contributed by atoms with van der Waals surface area (Å²) in [6.07, 6.45) is 12.3. The van der Waals surface area contributed by atoms with Gasteiger partial charge in [0.05, 0.1) is 30.6 Å². The van der Waals surface area contributed by atoms with Gasteiger partial charge in [0.15, 0.2) is 8.38 Å². The van der Waals surface area contributed by atoms with E-state index in [2.05, 4.69) is 42.2 Å². The summed E-state index contributed by atoms with van der Waals surface area (Å²) < 4.78 is 1.88. The first-order chi connectivity index (χ1) is 27.2. The molecule has 1 aliphatic heterocycles. The topological polar surface area (TPSA) is 250 Å². The smallest absolute Gasteiger partial charge is 0.237 e. The van der Waals surface area contributed by atoms with Crippen LogP contribution in [-0.4, -0.2) is 121 Å². The number of fused-ring (bicyclic) bond motifs is 1. The number of para-hydroxylation sites is 1. The minimum atomic E-state index is -2.25. The number of nitrogens with zero attached hydrogens (tertiary/aromatic N) is 6. The van der Waals surface area contributed by atoms with Crippen molar-refractivity contribution in [3.05, 3.63) is 36.2 Å². The van der Waals surface area contributed by atoms with Crippen LogP contribution in [-0.2, 0) is 27.5 Å². The number of anilines is 2. The Bertz CT molecular complexity index is 1670. The van der Waals surface area contributed by atoms with E-state index in [0.29, 0.717) is 25.6 Å². The zero-order chi connectivity index (χ0) is 39.5. The second-order valence-electron chi connectivity index (χ2n) is 14.6. The number of amides is 3. The van der Waals surface area contributed by atoms with Gasteiger partial charge in [-0.15, -0.1) is 5.10 Å². The molecule has 0 radical (unpaired) electrons. The Morgan fingerprint density at radius 1 is 0.911 bits per heavy atom. The summed E-state index contributed by atoms with van der Waals surface area (Å²) in [5, 5.41) is 28.7. The van der Waals surface area contributed by atoms with E-state index in [1.807, 2.05) is 40.0 Å². The maximum atomic E-state index is 12.9. The first-order valence-corrected chi connectivity index (χ1v) is 21.5. The normalized spacial score (nSPS) is 15.9. The molecule has 0 spiro atoms. The molecule has 18 nitrogen and oxygen atoms in total. The highest BCUT2D eigenvalue weighted by Crippen LogP contribution is 2.25. The summed E-state index contributed by atoms with van der Waals surface area (Å²) >= 11 is 0. The van der Waals surface area contributed by atoms with E-state index in [-0.39, 0.29) is 49.9 Å². The molecule has 19 heteroatoms. The third-order valence-corrected chi connectivity index (χ3v) is 10.6. The van der Waals surface area contributed by atoms with E-state index >= 15 is 0 Å². The van der Waals surface area contributed by atoms with Gasteiger partial charge in [-0.1, -0.05) is 36.6 Å². The monoisotopic (exact) mass is 797 g/mol. The molecule has 308 valence electrons. The lowest BCUT2D eigenvalue weighted by Crippen LogP contribution is -2.43. The van der Waals surface area contributed by atoms with Crippen LogP contribution in [0.15, 0.2) is 30.5 Å². The number of piperidine rings is 1. The molecular weight excluding hydrogens is 737 g/mol. The van der Waals surface area contributed by atoms with Crippen LogP contribution in [0.5, 0.6) is 0 Å². The van der Waals surface area contributed by atoms with Gasteiger partial charge in [-0.2, -0.15) is 4.98 Å². The van der Waals surface area contributed by atoms with Gasteiger partial charge >= 0.3 is 0 Å². The zero-order valence-electron chi connectivity index (χ0n) is 32.3. The Labute approximate surface area is 329 Å². The van der Waals surface area contributed by atoms with Gasteiger partial charge in [-0.25, -0.2) is 4.98 Å². The fourth-order valence-corrected chi connectivity index (χ4v) is 7.30. The van der Waals surface area contributed by atoms with E-state index in [1.165, 1.54) is 32.1 Å².